The summed E-state index contributed by atoms with van der Waals surface area (Å²) in [6.07, 6.45) is 4.22. The Hall–Kier alpha value is -0.700. The van der Waals surface area contributed by atoms with Gasteiger partial charge in [0.1, 0.15) is 0 Å². The molecule has 0 N–H and O–H groups in total. The highest BCUT2D eigenvalue weighted by atomic mass is 79.9. The first-order valence-electron chi connectivity index (χ1n) is 5.48. The molecule has 0 heterocycles. The largest absolute Gasteiger partial charge is 0.493 e. The van der Waals surface area contributed by atoms with Gasteiger partial charge in [-0.2, -0.15) is 0 Å². The Bertz CT molecular complexity index is 313. The van der Waals surface area contributed by atoms with E-state index in [-0.39, 0.29) is 0 Å². The third-order valence-electron chi connectivity index (χ3n) is 2.31. The minimum absolute atomic E-state index is 0.733. The van der Waals surface area contributed by atoms with Gasteiger partial charge in [0, 0.05) is 5.33 Å². The third-order valence-corrected chi connectivity index (χ3v) is 2.87. The Morgan fingerprint density at radius 1 is 1.25 bits per heavy atom. The Morgan fingerprint density at radius 2 is 2.06 bits per heavy atom. The predicted octanol–water partition coefficient (Wildman–Crippen LogP) is 3.82. The summed E-state index contributed by atoms with van der Waals surface area (Å²) in [6.45, 7) is 2.74. The van der Waals surface area contributed by atoms with Crippen molar-refractivity contribution in [3.63, 3.8) is 0 Å². The lowest BCUT2D eigenvalue weighted by molar-refractivity contribution is 0.288. The van der Waals surface area contributed by atoms with Gasteiger partial charge in [-0.15, -0.1) is 0 Å². The maximum atomic E-state index is 5.67. The van der Waals surface area contributed by atoms with Crippen molar-refractivity contribution in [1.29, 1.82) is 0 Å². The van der Waals surface area contributed by atoms with Crippen LogP contribution in [0.3, 0.4) is 0 Å². The Morgan fingerprint density at radius 3 is 2.69 bits per heavy atom. The second-order valence-electron chi connectivity index (χ2n) is 3.44. The molecule has 0 saturated heterocycles. The van der Waals surface area contributed by atoms with Crippen molar-refractivity contribution < 1.29 is 9.47 Å². The van der Waals surface area contributed by atoms with Crippen LogP contribution in [-0.4, -0.2) is 19.0 Å². The van der Waals surface area contributed by atoms with Gasteiger partial charge in [0.15, 0.2) is 11.5 Å². The zero-order chi connectivity index (χ0) is 11.8. The van der Waals surface area contributed by atoms with Crippen LogP contribution in [-0.2, 0) is 0 Å². The third kappa shape index (κ3) is 4.05. The number of rotatable bonds is 7. The highest BCUT2D eigenvalue weighted by Gasteiger charge is 2.04. The molecule has 1 aromatic rings. The molecule has 0 fully saturated rings. The Kier molecular flexibility index (Phi) is 6.31. The van der Waals surface area contributed by atoms with Crippen LogP contribution < -0.4 is 9.47 Å². The minimum Gasteiger partial charge on any atom is -0.493 e. The molecule has 0 amide bonds. The maximum Gasteiger partial charge on any atom is 0.161 e. The SMILES string of the molecule is C[CH]c1ccc(OCCCCBr)c(OC)c1. The Balaban J connectivity index is 2.57. The smallest absolute Gasteiger partial charge is 0.161 e. The zero-order valence-electron chi connectivity index (χ0n) is 9.83. The van der Waals surface area contributed by atoms with Crippen LogP contribution in [0, 0.1) is 6.42 Å². The number of ether oxygens (including phenoxy) is 2. The highest BCUT2D eigenvalue weighted by Crippen LogP contribution is 2.28. The molecule has 3 heteroatoms. The van der Waals surface area contributed by atoms with E-state index >= 15 is 0 Å². The molecule has 0 atom stereocenters. The standard InChI is InChI=1S/C13H18BrO2/c1-3-11-6-7-12(13(10-11)15-2)16-9-5-4-8-14/h3,6-7,10H,4-5,8-9H2,1-2H3. The first-order valence-corrected chi connectivity index (χ1v) is 6.60. The molecule has 1 aromatic carbocycles. The van der Waals surface area contributed by atoms with E-state index in [9.17, 15) is 0 Å². The zero-order valence-corrected chi connectivity index (χ0v) is 11.4. The van der Waals surface area contributed by atoms with Crippen LogP contribution in [0.4, 0.5) is 0 Å². The topological polar surface area (TPSA) is 18.5 Å². The molecule has 0 unspecified atom stereocenters. The molecular weight excluding hydrogens is 268 g/mol. The van der Waals surface area contributed by atoms with Crippen LogP contribution in [0.1, 0.15) is 25.3 Å². The second kappa shape index (κ2) is 7.55. The summed E-state index contributed by atoms with van der Waals surface area (Å²) < 4.78 is 11.0. The molecule has 2 nitrogen and oxygen atoms in total. The van der Waals surface area contributed by atoms with Gasteiger partial charge in [-0.05, 0) is 37.0 Å². The quantitative estimate of drug-likeness (QED) is 0.560. The molecule has 0 aliphatic rings. The molecular formula is C13H18BrO2. The molecule has 0 bridgehead atoms. The van der Waals surface area contributed by atoms with Gasteiger partial charge in [0.2, 0.25) is 0 Å². The number of hydrogen-bond donors (Lipinski definition) is 0. The van der Waals surface area contributed by atoms with Gasteiger partial charge >= 0.3 is 0 Å². The number of alkyl halides is 1. The molecule has 0 aromatic heterocycles. The van der Waals surface area contributed by atoms with Crippen molar-refractivity contribution in [2.24, 2.45) is 0 Å². The lowest BCUT2D eigenvalue weighted by Crippen LogP contribution is -2.00. The van der Waals surface area contributed by atoms with Gasteiger partial charge in [-0.25, -0.2) is 0 Å². The maximum absolute atomic E-state index is 5.67. The first-order chi connectivity index (χ1) is 7.81. The molecule has 89 valence electrons. The lowest BCUT2D eigenvalue weighted by Gasteiger charge is -2.11. The summed E-state index contributed by atoms with van der Waals surface area (Å²) in [5.41, 5.74) is 1.14. The summed E-state index contributed by atoms with van der Waals surface area (Å²) in [7, 11) is 1.67. The van der Waals surface area contributed by atoms with Gasteiger partial charge in [0.05, 0.1) is 13.7 Å². The first kappa shape index (κ1) is 13.4. The van der Waals surface area contributed by atoms with Crippen LogP contribution in [0.25, 0.3) is 0 Å². The summed E-state index contributed by atoms with van der Waals surface area (Å²) >= 11 is 3.40. The van der Waals surface area contributed by atoms with Gasteiger partial charge in [0.25, 0.3) is 0 Å². The molecule has 1 radical (unpaired) electrons. The summed E-state index contributed by atoms with van der Waals surface area (Å²) in [5.74, 6) is 1.62. The van der Waals surface area contributed by atoms with Crippen molar-refractivity contribution in [2.45, 2.75) is 19.8 Å². The Labute approximate surface area is 106 Å². The van der Waals surface area contributed by atoms with Crippen LogP contribution >= 0.6 is 15.9 Å². The van der Waals surface area contributed by atoms with Crippen molar-refractivity contribution in [1.82, 2.24) is 0 Å². The highest BCUT2D eigenvalue weighted by molar-refractivity contribution is 9.09. The second-order valence-corrected chi connectivity index (χ2v) is 4.24. The van der Waals surface area contributed by atoms with Crippen LogP contribution in [0.5, 0.6) is 11.5 Å². The monoisotopic (exact) mass is 285 g/mol. The van der Waals surface area contributed by atoms with Crippen molar-refractivity contribution in [3.8, 4) is 11.5 Å². The van der Waals surface area contributed by atoms with E-state index in [0.29, 0.717) is 0 Å². The van der Waals surface area contributed by atoms with Crippen molar-refractivity contribution >= 4 is 15.9 Å². The van der Waals surface area contributed by atoms with Gasteiger partial charge in [-0.1, -0.05) is 28.9 Å². The van der Waals surface area contributed by atoms with Crippen LogP contribution in [0.2, 0.25) is 0 Å². The predicted molar refractivity (Wildman–Crippen MR) is 70.6 cm³/mol. The van der Waals surface area contributed by atoms with Gasteiger partial charge in [-0.3, -0.25) is 0 Å². The van der Waals surface area contributed by atoms with Gasteiger partial charge < -0.3 is 9.47 Å². The molecule has 0 aliphatic heterocycles. The van der Waals surface area contributed by atoms with E-state index in [1.54, 1.807) is 7.11 Å². The fourth-order valence-electron chi connectivity index (χ4n) is 1.36. The van der Waals surface area contributed by atoms with E-state index in [1.807, 2.05) is 31.5 Å². The number of unbranched alkanes of at least 4 members (excludes halogenated alkanes) is 1. The molecule has 0 aliphatic carbocycles. The van der Waals surface area contributed by atoms with E-state index in [2.05, 4.69) is 15.9 Å². The fraction of sp³-hybridized carbons (Fsp3) is 0.462. The number of benzene rings is 1. The molecule has 0 spiro atoms. The van der Waals surface area contributed by atoms with Crippen LogP contribution in [0.15, 0.2) is 18.2 Å². The molecule has 0 saturated carbocycles. The van der Waals surface area contributed by atoms with E-state index in [4.69, 9.17) is 9.47 Å². The number of halogens is 1. The molecule has 1 rings (SSSR count). The van der Waals surface area contributed by atoms with Crippen molar-refractivity contribution in [2.75, 3.05) is 19.0 Å². The molecule has 16 heavy (non-hydrogen) atoms. The van der Waals surface area contributed by atoms with Crippen molar-refractivity contribution in [3.05, 3.63) is 30.2 Å². The van der Waals surface area contributed by atoms with E-state index in [0.717, 1.165) is 41.8 Å². The summed E-state index contributed by atoms with van der Waals surface area (Å²) in [4.78, 5) is 0. The van der Waals surface area contributed by atoms with E-state index in [1.165, 1.54) is 0 Å². The van der Waals surface area contributed by atoms with E-state index < -0.39 is 0 Å². The fourth-order valence-corrected chi connectivity index (χ4v) is 1.76. The summed E-state index contributed by atoms with van der Waals surface area (Å²) in [5, 5.41) is 1.03. The average Bonchev–Trinajstić information content (AvgIpc) is 2.34. The number of methoxy groups -OCH3 is 1. The average molecular weight is 286 g/mol. The lowest BCUT2D eigenvalue weighted by atomic mass is 10.1. The summed E-state index contributed by atoms with van der Waals surface area (Å²) in [6, 6.07) is 5.98. The minimum atomic E-state index is 0.733. The number of hydrogen-bond acceptors (Lipinski definition) is 2. The normalized spacial score (nSPS) is 10.2.